The zero-order valence-electron chi connectivity index (χ0n) is 23.7. The highest BCUT2D eigenvalue weighted by molar-refractivity contribution is 6.30. The van der Waals surface area contributed by atoms with Crippen molar-refractivity contribution >= 4 is 28.6 Å². The van der Waals surface area contributed by atoms with Gasteiger partial charge in [0.05, 0.1) is 47.7 Å². The molecule has 1 fully saturated rings. The van der Waals surface area contributed by atoms with Crippen molar-refractivity contribution in [3.05, 3.63) is 88.7 Å². The molecule has 0 spiro atoms. The van der Waals surface area contributed by atoms with E-state index < -0.39 is 11.8 Å². The van der Waals surface area contributed by atoms with Gasteiger partial charge in [-0.1, -0.05) is 17.7 Å². The van der Waals surface area contributed by atoms with E-state index >= 15 is 0 Å². The van der Waals surface area contributed by atoms with Crippen LogP contribution in [0.15, 0.2) is 55.2 Å². The number of rotatable bonds is 10. The van der Waals surface area contributed by atoms with Gasteiger partial charge < -0.3 is 25.1 Å². The predicted octanol–water partition coefficient (Wildman–Crippen LogP) is 4.96. The van der Waals surface area contributed by atoms with Crippen molar-refractivity contribution in [3.63, 3.8) is 0 Å². The second-order valence-electron chi connectivity index (χ2n) is 10.3. The first-order chi connectivity index (χ1) is 20.4. The molecule has 0 radical (unpaired) electrons. The summed E-state index contributed by atoms with van der Waals surface area (Å²) in [7, 11) is 0. The van der Waals surface area contributed by atoms with Crippen LogP contribution < -0.4 is 10.9 Å². The van der Waals surface area contributed by atoms with Crippen LogP contribution in [0.2, 0.25) is 5.02 Å². The van der Waals surface area contributed by atoms with Gasteiger partial charge in [0.25, 0.3) is 0 Å². The Morgan fingerprint density at radius 2 is 1.95 bits per heavy atom. The number of hydrogen-bond donors (Lipinski definition) is 2. The third-order valence-corrected chi connectivity index (χ3v) is 7.92. The van der Waals surface area contributed by atoms with E-state index in [1.165, 1.54) is 6.07 Å². The van der Waals surface area contributed by atoms with E-state index in [9.17, 15) is 14.3 Å². The number of carboxylic acid groups (broad SMARTS) is 1. The van der Waals surface area contributed by atoms with Crippen molar-refractivity contribution in [1.82, 2.24) is 44.9 Å². The molecule has 0 amide bonds. The van der Waals surface area contributed by atoms with Gasteiger partial charge in [-0.2, -0.15) is 4.98 Å². The van der Waals surface area contributed by atoms with Gasteiger partial charge >= 0.3 is 12.0 Å². The summed E-state index contributed by atoms with van der Waals surface area (Å²) >= 11 is 5.82. The van der Waals surface area contributed by atoms with E-state index in [0.717, 1.165) is 55.0 Å². The largest absolute Gasteiger partial charge is 0.478 e. The molecule has 2 aromatic carbocycles. The molecule has 3 aromatic heterocycles. The molecule has 0 saturated carbocycles. The average Bonchev–Trinajstić information content (AvgIpc) is 3.72. The summed E-state index contributed by atoms with van der Waals surface area (Å²) < 4.78 is 25.7. The third-order valence-electron chi connectivity index (χ3n) is 7.69. The number of benzene rings is 2. The smallest absolute Gasteiger partial charge is 0.335 e. The lowest BCUT2D eigenvalue weighted by Gasteiger charge is -2.31. The van der Waals surface area contributed by atoms with Gasteiger partial charge in [0.15, 0.2) is 0 Å². The van der Waals surface area contributed by atoms with Crippen LogP contribution in [0.5, 0.6) is 6.01 Å². The maximum atomic E-state index is 14.1. The molecule has 1 saturated heterocycles. The SMILES string of the molecule is CCn1cncc1Cn1c(CN2CCC(n3cnc(OCc4ccc(Cl)cc4F)n3)CC2)nc2ccc(C(=O)O)cc21.N. The van der Waals surface area contributed by atoms with E-state index in [4.69, 9.17) is 21.3 Å². The number of likely N-dealkylation sites (tertiary alicyclic amines) is 1. The number of carbonyl (C=O) groups is 1. The molecule has 0 atom stereocenters. The van der Waals surface area contributed by atoms with Gasteiger partial charge in [-0.25, -0.2) is 23.8 Å². The van der Waals surface area contributed by atoms with Crippen LogP contribution in [0.25, 0.3) is 11.0 Å². The van der Waals surface area contributed by atoms with Gasteiger partial charge in [-0.15, -0.1) is 5.10 Å². The van der Waals surface area contributed by atoms with Gasteiger partial charge in [0.1, 0.15) is 24.6 Å². The Labute approximate surface area is 252 Å². The van der Waals surface area contributed by atoms with Crippen LogP contribution >= 0.6 is 11.6 Å². The average molecular weight is 610 g/mol. The third kappa shape index (κ3) is 6.53. The number of aromatic carboxylic acids is 1. The van der Waals surface area contributed by atoms with Gasteiger partial charge in [-0.3, -0.25) is 4.90 Å². The molecule has 226 valence electrons. The van der Waals surface area contributed by atoms with Crippen molar-refractivity contribution in [1.29, 1.82) is 0 Å². The van der Waals surface area contributed by atoms with Crippen molar-refractivity contribution < 1.29 is 19.0 Å². The fourth-order valence-electron chi connectivity index (χ4n) is 5.35. The zero-order chi connectivity index (χ0) is 29.2. The molecule has 12 nitrogen and oxygen atoms in total. The number of imidazole rings is 2. The summed E-state index contributed by atoms with van der Waals surface area (Å²) in [4.78, 5) is 27.5. The Morgan fingerprint density at radius 1 is 1.14 bits per heavy atom. The van der Waals surface area contributed by atoms with Crippen LogP contribution in [-0.4, -0.2) is 62.9 Å². The van der Waals surface area contributed by atoms with Crippen molar-refractivity contribution in [2.75, 3.05) is 13.1 Å². The molecule has 4 N–H and O–H groups in total. The molecule has 14 heteroatoms. The Morgan fingerprint density at radius 3 is 2.70 bits per heavy atom. The van der Waals surface area contributed by atoms with Crippen molar-refractivity contribution in [3.8, 4) is 6.01 Å². The second-order valence-corrected chi connectivity index (χ2v) is 10.8. The highest BCUT2D eigenvalue weighted by Crippen LogP contribution is 2.26. The van der Waals surface area contributed by atoms with E-state index in [-0.39, 0.29) is 30.4 Å². The molecule has 0 unspecified atom stereocenters. The van der Waals surface area contributed by atoms with E-state index in [1.807, 2.05) is 10.9 Å². The summed E-state index contributed by atoms with van der Waals surface area (Å²) in [5, 5.41) is 14.4. The number of piperidine rings is 1. The number of ether oxygens (including phenoxy) is 1. The molecule has 1 aliphatic rings. The van der Waals surface area contributed by atoms with E-state index in [1.54, 1.807) is 43.0 Å². The Balaban J connectivity index is 0.00000368. The van der Waals surface area contributed by atoms with Crippen LogP contribution in [0.4, 0.5) is 4.39 Å². The van der Waals surface area contributed by atoms with Gasteiger partial charge in [0.2, 0.25) is 0 Å². The van der Waals surface area contributed by atoms with E-state index in [2.05, 4.69) is 36.0 Å². The summed E-state index contributed by atoms with van der Waals surface area (Å²) in [5.74, 6) is -0.521. The minimum absolute atomic E-state index is 0. The standard InChI is InChI=1S/C29H30ClFN8O3.H3N/c1-2-37-17-32-13-23(37)14-38-26-11-19(28(40)41)4-6-25(26)34-27(38)15-36-9-7-22(8-10-36)39-18-33-29(35-39)42-16-20-3-5-21(30)12-24(20)31;/h3-6,11-13,17-18,22H,2,7-10,14-16H2,1H3,(H,40,41);1H3. The normalized spacial score (nSPS) is 14.2. The molecule has 5 aromatic rings. The highest BCUT2D eigenvalue weighted by atomic mass is 35.5. The zero-order valence-corrected chi connectivity index (χ0v) is 24.5. The lowest BCUT2D eigenvalue weighted by molar-refractivity contribution is 0.0697. The number of fused-ring (bicyclic) bond motifs is 1. The lowest BCUT2D eigenvalue weighted by atomic mass is 10.1. The molecule has 0 bridgehead atoms. The molecule has 1 aliphatic heterocycles. The van der Waals surface area contributed by atoms with Crippen LogP contribution in [0, 0.1) is 5.82 Å². The number of carboxylic acids is 1. The summed E-state index contributed by atoms with van der Waals surface area (Å²) in [6.45, 7) is 5.69. The fraction of sp³-hybridized carbons (Fsp3) is 0.345. The molecular formula is C29H33ClFN9O3. The topological polar surface area (TPSA) is 151 Å². The minimum Gasteiger partial charge on any atom is -0.478 e. The van der Waals surface area contributed by atoms with Crippen LogP contribution in [0.3, 0.4) is 0 Å². The molecule has 0 aliphatic carbocycles. The first-order valence-corrected chi connectivity index (χ1v) is 14.2. The quantitative estimate of drug-likeness (QED) is 0.224. The number of halogens is 2. The molecule has 6 rings (SSSR count). The number of aromatic nitrogens is 7. The summed E-state index contributed by atoms with van der Waals surface area (Å²) in [5.41, 5.74) is 3.20. The second kappa shape index (κ2) is 12.9. The monoisotopic (exact) mass is 609 g/mol. The molecule has 43 heavy (non-hydrogen) atoms. The number of aryl methyl sites for hydroxylation is 1. The van der Waals surface area contributed by atoms with Crippen molar-refractivity contribution in [2.45, 2.75) is 52.0 Å². The van der Waals surface area contributed by atoms with Gasteiger partial charge in [-0.05, 0) is 50.1 Å². The minimum atomic E-state index is -0.967. The summed E-state index contributed by atoms with van der Waals surface area (Å²) in [6, 6.07) is 9.88. The highest BCUT2D eigenvalue weighted by Gasteiger charge is 2.24. The first-order valence-electron chi connectivity index (χ1n) is 13.8. The number of hydrogen-bond acceptors (Lipinski definition) is 8. The molecular weight excluding hydrogens is 577 g/mol. The summed E-state index contributed by atoms with van der Waals surface area (Å²) in [6.07, 6.45) is 7.03. The van der Waals surface area contributed by atoms with Crippen molar-refractivity contribution in [2.24, 2.45) is 0 Å². The predicted molar refractivity (Wildman–Crippen MR) is 158 cm³/mol. The fourth-order valence-corrected chi connectivity index (χ4v) is 5.51. The lowest BCUT2D eigenvalue weighted by Crippen LogP contribution is -2.35. The molecule has 4 heterocycles. The Hall–Kier alpha value is -4.33. The van der Waals surface area contributed by atoms with Crippen LogP contribution in [0.1, 0.15) is 53.2 Å². The maximum Gasteiger partial charge on any atom is 0.335 e. The Kier molecular flexibility index (Phi) is 9.04. The first kappa shape index (κ1) is 30.1. The van der Waals surface area contributed by atoms with Crippen LogP contribution in [-0.2, 0) is 26.2 Å². The Bertz CT molecular complexity index is 1730. The van der Waals surface area contributed by atoms with Gasteiger partial charge in [0, 0.05) is 36.4 Å². The maximum absolute atomic E-state index is 14.1. The van der Waals surface area contributed by atoms with E-state index in [0.29, 0.717) is 23.7 Å². The number of nitrogens with zero attached hydrogens (tertiary/aromatic N) is 8.